The maximum Gasteiger partial charge on any atom is 0.182 e. The lowest BCUT2D eigenvalue weighted by Gasteiger charge is -1.98. The fraction of sp³-hybridized carbons (Fsp3) is 0.100. The number of thiazole rings is 1. The summed E-state index contributed by atoms with van der Waals surface area (Å²) in [6, 6.07) is 3.46. The first kappa shape index (κ1) is 12.9. The van der Waals surface area contributed by atoms with Crippen LogP contribution in [0.4, 0.5) is 13.9 Å². The first-order valence-corrected chi connectivity index (χ1v) is 5.17. The third-order valence-electron chi connectivity index (χ3n) is 1.93. The van der Waals surface area contributed by atoms with E-state index in [0.717, 1.165) is 6.07 Å². The SMILES string of the molecule is CNc1nc(-c2ccc(F)cc2F)cs1.Cl. The van der Waals surface area contributed by atoms with E-state index >= 15 is 0 Å². The van der Waals surface area contributed by atoms with Crippen molar-refractivity contribution >= 4 is 28.9 Å². The lowest BCUT2D eigenvalue weighted by Crippen LogP contribution is -1.88. The Labute approximate surface area is 102 Å². The molecule has 0 aliphatic rings. The second-order valence-electron chi connectivity index (χ2n) is 2.91. The van der Waals surface area contributed by atoms with Crippen molar-refractivity contribution in [2.24, 2.45) is 0 Å². The summed E-state index contributed by atoms with van der Waals surface area (Å²) in [5.74, 6) is -1.18. The van der Waals surface area contributed by atoms with Gasteiger partial charge in [0.1, 0.15) is 11.6 Å². The molecule has 1 N–H and O–H groups in total. The molecule has 16 heavy (non-hydrogen) atoms. The van der Waals surface area contributed by atoms with Crippen molar-refractivity contribution in [2.75, 3.05) is 12.4 Å². The van der Waals surface area contributed by atoms with Crippen molar-refractivity contribution in [1.29, 1.82) is 0 Å². The minimum atomic E-state index is -0.594. The van der Waals surface area contributed by atoms with Gasteiger partial charge in [-0.25, -0.2) is 13.8 Å². The number of nitrogens with one attached hydrogen (secondary N) is 1. The summed E-state index contributed by atoms with van der Waals surface area (Å²) in [5.41, 5.74) is 0.830. The summed E-state index contributed by atoms with van der Waals surface area (Å²) >= 11 is 1.37. The fourth-order valence-electron chi connectivity index (χ4n) is 1.21. The number of benzene rings is 1. The van der Waals surface area contributed by atoms with Crippen LogP contribution in [0.5, 0.6) is 0 Å². The predicted octanol–water partition coefficient (Wildman–Crippen LogP) is 3.55. The third kappa shape index (κ3) is 2.48. The molecular formula is C10H9ClF2N2S. The van der Waals surface area contributed by atoms with Gasteiger partial charge in [0.05, 0.1) is 5.69 Å². The molecule has 0 fully saturated rings. The number of nitrogens with zero attached hydrogens (tertiary/aromatic N) is 1. The van der Waals surface area contributed by atoms with Gasteiger partial charge in [-0.05, 0) is 12.1 Å². The van der Waals surface area contributed by atoms with Crippen molar-refractivity contribution in [3.8, 4) is 11.3 Å². The Morgan fingerprint density at radius 3 is 2.62 bits per heavy atom. The number of hydrogen-bond donors (Lipinski definition) is 1. The molecule has 6 heteroatoms. The fourth-order valence-corrected chi connectivity index (χ4v) is 1.88. The minimum absolute atomic E-state index is 0. The van der Waals surface area contributed by atoms with E-state index in [-0.39, 0.29) is 12.4 Å². The van der Waals surface area contributed by atoms with Crippen molar-refractivity contribution < 1.29 is 8.78 Å². The van der Waals surface area contributed by atoms with E-state index in [9.17, 15) is 8.78 Å². The maximum absolute atomic E-state index is 13.4. The summed E-state index contributed by atoms with van der Waals surface area (Å²) in [7, 11) is 1.74. The van der Waals surface area contributed by atoms with Gasteiger partial charge >= 0.3 is 0 Å². The van der Waals surface area contributed by atoms with E-state index in [1.807, 2.05) is 0 Å². The Balaban J connectivity index is 0.00000128. The highest BCUT2D eigenvalue weighted by Crippen LogP contribution is 2.26. The van der Waals surface area contributed by atoms with Crippen molar-refractivity contribution in [2.45, 2.75) is 0 Å². The molecule has 2 nitrogen and oxygen atoms in total. The zero-order chi connectivity index (χ0) is 10.8. The Kier molecular flexibility index (Phi) is 4.20. The zero-order valence-corrected chi connectivity index (χ0v) is 9.96. The van der Waals surface area contributed by atoms with E-state index in [1.54, 1.807) is 12.4 Å². The number of halogens is 3. The van der Waals surface area contributed by atoms with Crippen LogP contribution in [0, 0.1) is 11.6 Å². The smallest absolute Gasteiger partial charge is 0.182 e. The van der Waals surface area contributed by atoms with Gasteiger partial charge < -0.3 is 5.32 Å². The second kappa shape index (κ2) is 5.23. The molecule has 0 saturated carbocycles. The number of rotatable bonds is 2. The quantitative estimate of drug-likeness (QED) is 0.895. The summed E-state index contributed by atoms with van der Waals surface area (Å²) in [4.78, 5) is 4.13. The summed E-state index contributed by atoms with van der Waals surface area (Å²) in [6.45, 7) is 0. The van der Waals surface area contributed by atoms with Gasteiger partial charge in [-0.1, -0.05) is 0 Å². The molecule has 2 aromatic rings. The number of hydrogen-bond acceptors (Lipinski definition) is 3. The molecule has 2 rings (SSSR count). The Morgan fingerprint density at radius 1 is 1.31 bits per heavy atom. The number of anilines is 1. The molecule has 0 amide bonds. The molecule has 0 unspecified atom stereocenters. The summed E-state index contributed by atoms with van der Waals surface area (Å²) in [6.07, 6.45) is 0. The Morgan fingerprint density at radius 2 is 2.06 bits per heavy atom. The van der Waals surface area contributed by atoms with Crippen LogP contribution < -0.4 is 5.32 Å². The summed E-state index contributed by atoms with van der Waals surface area (Å²) < 4.78 is 26.0. The molecule has 0 aliphatic carbocycles. The first-order valence-electron chi connectivity index (χ1n) is 4.29. The van der Waals surface area contributed by atoms with Crippen LogP contribution in [0.3, 0.4) is 0 Å². The standard InChI is InChI=1S/C10H8F2N2S.ClH/c1-13-10-14-9(5-15-10)7-3-2-6(11)4-8(7)12;/h2-5H,1H3,(H,13,14);1H. The highest BCUT2D eigenvalue weighted by atomic mass is 35.5. The lowest BCUT2D eigenvalue weighted by molar-refractivity contribution is 0.585. The molecular weight excluding hydrogens is 254 g/mol. The van der Waals surface area contributed by atoms with Gasteiger partial charge in [0.15, 0.2) is 5.13 Å². The van der Waals surface area contributed by atoms with Gasteiger partial charge in [-0.2, -0.15) is 0 Å². The van der Waals surface area contributed by atoms with Crippen molar-refractivity contribution in [1.82, 2.24) is 4.98 Å². The van der Waals surface area contributed by atoms with E-state index in [2.05, 4.69) is 10.3 Å². The molecule has 0 aliphatic heterocycles. The van der Waals surface area contributed by atoms with Gasteiger partial charge in [-0.3, -0.25) is 0 Å². The van der Waals surface area contributed by atoms with E-state index in [4.69, 9.17) is 0 Å². The van der Waals surface area contributed by atoms with E-state index in [1.165, 1.54) is 23.5 Å². The van der Waals surface area contributed by atoms with Crippen molar-refractivity contribution in [3.05, 3.63) is 35.2 Å². The maximum atomic E-state index is 13.4. The average molecular weight is 263 g/mol. The third-order valence-corrected chi connectivity index (χ3v) is 2.78. The van der Waals surface area contributed by atoms with E-state index < -0.39 is 11.6 Å². The van der Waals surface area contributed by atoms with Crippen LogP contribution in [0.1, 0.15) is 0 Å². The van der Waals surface area contributed by atoms with E-state index in [0.29, 0.717) is 16.4 Å². The van der Waals surface area contributed by atoms with Crippen LogP contribution >= 0.6 is 23.7 Å². The van der Waals surface area contributed by atoms with Gasteiger partial charge in [-0.15, -0.1) is 23.7 Å². The second-order valence-corrected chi connectivity index (χ2v) is 3.77. The van der Waals surface area contributed by atoms with Crippen LogP contribution in [-0.2, 0) is 0 Å². The molecule has 0 spiro atoms. The van der Waals surface area contributed by atoms with Crippen LogP contribution in [-0.4, -0.2) is 12.0 Å². The minimum Gasteiger partial charge on any atom is -0.365 e. The normalized spacial score (nSPS) is 9.69. The Bertz CT molecular complexity index is 487. The van der Waals surface area contributed by atoms with Crippen molar-refractivity contribution in [3.63, 3.8) is 0 Å². The highest BCUT2D eigenvalue weighted by Gasteiger charge is 2.09. The van der Waals surface area contributed by atoms with Crippen LogP contribution in [0.25, 0.3) is 11.3 Å². The van der Waals surface area contributed by atoms with Crippen LogP contribution in [0.15, 0.2) is 23.6 Å². The monoisotopic (exact) mass is 262 g/mol. The molecule has 0 saturated heterocycles. The molecule has 0 radical (unpaired) electrons. The molecule has 0 bridgehead atoms. The predicted molar refractivity (Wildman–Crippen MR) is 64.3 cm³/mol. The molecule has 1 aromatic carbocycles. The number of aromatic nitrogens is 1. The zero-order valence-electron chi connectivity index (χ0n) is 8.33. The topological polar surface area (TPSA) is 24.9 Å². The largest absolute Gasteiger partial charge is 0.365 e. The van der Waals surface area contributed by atoms with Gasteiger partial charge in [0.25, 0.3) is 0 Å². The lowest BCUT2D eigenvalue weighted by atomic mass is 10.1. The summed E-state index contributed by atoms with van der Waals surface area (Å²) in [5, 5.41) is 5.29. The Hall–Kier alpha value is -1.20. The molecule has 1 heterocycles. The molecule has 86 valence electrons. The first-order chi connectivity index (χ1) is 7.20. The molecule has 0 atom stereocenters. The van der Waals surface area contributed by atoms with Crippen LogP contribution in [0.2, 0.25) is 0 Å². The average Bonchev–Trinajstić information content (AvgIpc) is 2.66. The highest BCUT2D eigenvalue weighted by molar-refractivity contribution is 7.14. The van der Waals surface area contributed by atoms with Gasteiger partial charge in [0, 0.05) is 24.1 Å². The van der Waals surface area contributed by atoms with Gasteiger partial charge in [0.2, 0.25) is 0 Å². The molecule has 1 aromatic heterocycles.